The molecular weight excluding hydrogens is 188 g/mol. The number of fused-ring (bicyclic) bond motifs is 1. The summed E-state index contributed by atoms with van der Waals surface area (Å²) in [6.07, 6.45) is 7.26. The Bertz CT molecular complexity index is 263. The van der Waals surface area contributed by atoms with Gasteiger partial charge in [-0.25, -0.2) is 0 Å². The van der Waals surface area contributed by atoms with Crippen LogP contribution in [0.25, 0.3) is 0 Å². The van der Waals surface area contributed by atoms with Crippen LogP contribution in [-0.4, -0.2) is 25.0 Å². The van der Waals surface area contributed by atoms with E-state index >= 15 is 0 Å². The summed E-state index contributed by atoms with van der Waals surface area (Å²) in [4.78, 5) is 12.3. The fourth-order valence-corrected chi connectivity index (χ4v) is 3.40. The van der Waals surface area contributed by atoms with Gasteiger partial charge in [0.05, 0.1) is 5.41 Å². The van der Waals surface area contributed by atoms with Crippen LogP contribution in [0.5, 0.6) is 0 Å². The third-order valence-electron chi connectivity index (χ3n) is 4.68. The van der Waals surface area contributed by atoms with Gasteiger partial charge < -0.3 is 10.6 Å². The maximum atomic E-state index is 12.3. The predicted molar refractivity (Wildman–Crippen MR) is 58.4 cm³/mol. The van der Waals surface area contributed by atoms with Gasteiger partial charge in [-0.3, -0.25) is 4.79 Å². The van der Waals surface area contributed by atoms with Gasteiger partial charge in [-0.05, 0) is 44.6 Å². The van der Waals surface area contributed by atoms with Crippen LogP contribution in [0.15, 0.2) is 0 Å². The number of carbonyl (C=O) groups excluding carboxylic acids is 1. The van der Waals surface area contributed by atoms with Crippen molar-refractivity contribution in [1.29, 1.82) is 0 Å². The molecule has 1 heterocycles. The number of hydrogen-bond donors (Lipinski definition) is 2. The molecule has 2 aliphatic carbocycles. The highest BCUT2D eigenvalue weighted by molar-refractivity contribution is 5.84. The molecule has 0 aromatic heterocycles. The molecule has 1 saturated heterocycles. The number of hydrogen-bond acceptors (Lipinski definition) is 2. The van der Waals surface area contributed by atoms with E-state index in [-0.39, 0.29) is 5.41 Å². The second-order valence-electron chi connectivity index (χ2n) is 5.48. The molecule has 3 heteroatoms. The van der Waals surface area contributed by atoms with Gasteiger partial charge in [0.1, 0.15) is 0 Å². The van der Waals surface area contributed by atoms with Gasteiger partial charge >= 0.3 is 0 Å². The van der Waals surface area contributed by atoms with E-state index in [0.717, 1.165) is 19.5 Å². The molecule has 1 aliphatic heterocycles. The molecule has 3 rings (SSSR count). The Balaban J connectivity index is 1.70. The Labute approximate surface area is 91.0 Å². The number of rotatable bonds is 2. The molecule has 2 saturated carbocycles. The lowest BCUT2D eigenvalue weighted by atomic mass is 9.79. The number of amides is 1. The van der Waals surface area contributed by atoms with E-state index in [4.69, 9.17) is 0 Å². The monoisotopic (exact) mass is 208 g/mol. The van der Waals surface area contributed by atoms with E-state index in [1.165, 1.54) is 32.1 Å². The van der Waals surface area contributed by atoms with Crippen molar-refractivity contribution in [2.75, 3.05) is 13.1 Å². The highest BCUT2D eigenvalue weighted by Crippen LogP contribution is 2.46. The summed E-state index contributed by atoms with van der Waals surface area (Å²) in [6, 6.07) is 0.494. The molecule has 3 nitrogen and oxygen atoms in total. The molecule has 15 heavy (non-hydrogen) atoms. The molecular formula is C12H20N2O. The molecule has 3 aliphatic rings. The molecule has 0 radical (unpaired) electrons. The molecule has 2 atom stereocenters. The zero-order valence-electron chi connectivity index (χ0n) is 9.22. The smallest absolute Gasteiger partial charge is 0.228 e. The van der Waals surface area contributed by atoms with Gasteiger partial charge in [0.15, 0.2) is 0 Å². The summed E-state index contributed by atoms with van der Waals surface area (Å²) >= 11 is 0. The van der Waals surface area contributed by atoms with Crippen molar-refractivity contribution >= 4 is 5.91 Å². The summed E-state index contributed by atoms with van der Waals surface area (Å²) in [7, 11) is 0. The van der Waals surface area contributed by atoms with Crippen molar-refractivity contribution in [3.05, 3.63) is 0 Å². The Hall–Kier alpha value is -0.570. The van der Waals surface area contributed by atoms with Crippen molar-refractivity contribution < 1.29 is 4.79 Å². The Kier molecular flexibility index (Phi) is 2.23. The quantitative estimate of drug-likeness (QED) is 0.712. The van der Waals surface area contributed by atoms with Gasteiger partial charge in [-0.1, -0.05) is 6.42 Å². The molecule has 0 unspecified atom stereocenters. The largest absolute Gasteiger partial charge is 0.353 e. The van der Waals surface area contributed by atoms with Crippen LogP contribution in [0.2, 0.25) is 0 Å². The number of nitrogens with one attached hydrogen (secondary N) is 2. The highest BCUT2D eigenvalue weighted by Gasteiger charge is 2.51. The molecule has 3 fully saturated rings. The Morgan fingerprint density at radius 3 is 2.87 bits per heavy atom. The minimum Gasteiger partial charge on any atom is -0.353 e. The normalized spacial score (nSPS) is 39.9. The molecule has 84 valence electrons. The summed E-state index contributed by atoms with van der Waals surface area (Å²) in [6.45, 7) is 1.97. The van der Waals surface area contributed by atoms with Crippen molar-refractivity contribution in [3.8, 4) is 0 Å². The van der Waals surface area contributed by atoms with Gasteiger partial charge in [0, 0.05) is 12.6 Å². The van der Waals surface area contributed by atoms with Gasteiger partial charge in [0.25, 0.3) is 0 Å². The topological polar surface area (TPSA) is 41.1 Å². The minimum atomic E-state index is -0.0322. The lowest BCUT2D eigenvalue weighted by Gasteiger charge is -2.33. The lowest BCUT2D eigenvalue weighted by molar-refractivity contribution is -0.132. The summed E-state index contributed by atoms with van der Waals surface area (Å²) < 4.78 is 0. The van der Waals surface area contributed by atoms with Gasteiger partial charge in [-0.15, -0.1) is 0 Å². The van der Waals surface area contributed by atoms with Crippen LogP contribution >= 0.6 is 0 Å². The zero-order chi connectivity index (χ0) is 10.3. The van der Waals surface area contributed by atoms with Crippen molar-refractivity contribution in [2.24, 2.45) is 11.3 Å². The fraction of sp³-hybridized carbons (Fsp3) is 0.917. The average Bonchev–Trinajstić information content (AvgIpc) is 2.68. The van der Waals surface area contributed by atoms with E-state index in [0.29, 0.717) is 17.9 Å². The van der Waals surface area contributed by atoms with E-state index < -0.39 is 0 Å². The molecule has 1 amide bonds. The summed E-state index contributed by atoms with van der Waals surface area (Å²) in [5.41, 5.74) is -0.0322. The third-order valence-corrected chi connectivity index (χ3v) is 4.68. The van der Waals surface area contributed by atoms with Crippen LogP contribution in [0, 0.1) is 11.3 Å². The van der Waals surface area contributed by atoms with E-state index in [1.807, 2.05) is 0 Å². The molecule has 0 spiro atoms. The average molecular weight is 208 g/mol. The van der Waals surface area contributed by atoms with Gasteiger partial charge in [0.2, 0.25) is 5.91 Å². The lowest BCUT2D eigenvalue weighted by Crippen LogP contribution is -2.49. The first kappa shape index (κ1) is 9.64. The standard InChI is InChI=1S/C12H20N2O/c15-11(14-10-4-1-5-10)12-6-2-3-9(12)7-13-8-12/h9-10,13H,1-8H2,(H,14,15)/t9-,12-/m1/s1. The van der Waals surface area contributed by atoms with Crippen molar-refractivity contribution in [2.45, 2.75) is 44.6 Å². The fourth-order valence-electron chi connectivity index (χ4n) is 3.40. The third kappa shape index (κ3) is 1.40. The molecule has 0 aromatic rings. The second kappa shape index (κ2) is 3.48. The highest BCUT2D eigenvalue weighted by atomic mass is 16.2. The van der Waals surface area contributed by atoms with E-state index in [9.17, 15) is 4.79 Å². The molecule has 0 aromatic carbocycles. The maximum Gasteiger partial charge on any atom is 0.228 e. The van der Waals surface area contributed by atoms with Gasteiger partial charge in [-0.2, -0.15) is 0 Å². The van der Waals surface area contributed by atoms with Crippen molar-refractivity contribution in [1.82, 2.24) is 10.6 Å². The first-order valence-electron chi connectivity index (χ1n) is 6.33. The van der Waals surface area contributed by atoms with Crippen LogP contribution < -0.4 is 10.6 Å². The summed E-state index contributed by atoms with van der Waals surface area (Å²) in [5.74, 6) is 0.956. The minimum absolute atomic E-state index is 0.0322. The first-order valence-corrected chi connectivity index (χ1v) is 6.33. The van der Waals surface area contributed by atoms with E-state index in [1.54, 1.807) is 0 Å². The van der Waals surface area contributed by atoms with Crippen LogP contribution in [0.3, 0.4) is 0 Å². The molecule has 0 bridgehead atoms. The Morgan fingerprint density at radius 1 is 1.27 bits per heavy atom. The van der Waals surface area contributed by atoms with Crippen molar-refractivity contribution in [3.63, 3.8) is 0 Å². The second-order valence-corrected chi connectivity index (χ2v) is 5.48. The van der Waals surface area contributed by atoms with Crippen LogP contribution in [0.4, 0.5) is 0 Å². The summed E-state index contributed by atoms with van der Waals surface area (Å²) in [5, 5.41) is 6.64. The van der Waals surface area contributed by atoms with E-state index in [2.05, 4.69) is 10.6 Å². The van der Waals surface area contributed by atoms with Crippen LogP contribution in [0.1, 0.15) is 38.5 Å². The van der Waals surface area contributed by atoms with Crippen LogP contribution in [-0.2, 0) is 4.79 Å². The molecule has 2 N–H and O–H groups in total. The SMILES string of the molecule is O=C(NC1CCC1)[C@@]12CCC[C@@H]1CNC2. The first-order chi connectivity index (χ1) is 7.31. The Morgan fingerprint density at radius 2 is 2.13 bits per heavy atom. The number of carbonyl (C=O) groups is 1. The maximum absolute atomic E-state index is 12.3. The zero-order valence-corrected chi connectivity index (χ0v) is 9.22. The predicted octanol–water partition coefficient (Wildman–Crippen LogP) is 1.04.